The number of nitrogens with one attached hydrogen (secondary N) is 1. The van der Waals surface area contributed by atoms with Crippen LogP contribution in [0.25, 0.3) is 22.4 Å². The van der Waals surface area contributed by atoms with Gasteiger partial charge in [-0.15, -0.1) is 0 Å². The van der Waals surface area contributed by atoms with Crippen molar-refractivity contribution in [2.75, 3.05) is 11.4 Å². The molecule has 0 radical (unpaired) electrons. The molecule has 0 fully saturated rings. The lowest BCUT2D eigenvalue weighted by molar-refractivity contribution is 0.393. The van der Waals surface area contributed by atoms with Crippen molar-refractivity contribution in [2.45, 2.75) is 34.6 Å². The maximum atomic E-state index is 5.38. The molecule has 148 valence electrons. The van der Waals surface area contributed by atoms with Gasteiger partial charge in [0.15, 0.2) is 0 Å². The summed E-state index contributed by atoms with van der Waals surface area (Å²) < 4.78 is 5.38. The van der Waals surface area contributed by atoms with Gasteiger partial charge in [-0.25, -0.2) is 0 Å². The summed E-state index contributed by atoms with van der Waals surface area (Å²) >= 11 is 0. The standard InChI is InChI=1S/C24H26N4O/c1-6-28(21-11-9-19(10-12-21)22-13-16(3)25-26-22)23-14-20(8-7-15(23)2)24-17(4)27-29-18(24)5/h7-14H,6H2,1-5H3,(H,25,26). The Morgan fingerprint density at radius 1 is 0.931 bits per heavy atom. The minimum Gasteiger partial charge on any atom is -0.361 e. The molecule has 4 aromatic rings. The van der Waals surface area contributed by atoms with Gasteiger partial charge in [0.05, 0.1) is 11.4 Å². The van der Waals surface area contributed by atoms with Gasteiger partial charge in [0.1, 0.15) is 5.76 Å². The summed E-state index contributed by atoms with van der Waals surface area (Å²) in [5.74, 6) is 0.846. The van der Waals surface area contributed by atoms with E-state index in [1.54, 1.807) is 0 Å². The molecule has 0 bridgehead atoms. The number of hydrogen-bond donors (Lipinski definition) is 1. The molecule has 5 nitrogen and oxygen atoms in total. The molecule has 5 heteroatoms. The number of nitrogens with zero attached hydrogens (tertiary/aromatic N) is 3. The number of aromatic nitrogens is 3. The van der Waals surface area contributed by atoms with E-state index in [2.05, 4.69) is 82.6 Å². The molecule has 0 aliphatic heterocycles. The number of anilines is 2. The van der Waals surface area contributed by atoms with Gasteiger partial charge in [-0.3, -0.25) is 5.10 Å². The smallest absolute Gasteiger partial charge is 0.141 e. The fraction of sp³-hybridized carbons (Fsp3) is 0.250. The highest BCUT2D eigenvalue weighted by Crippen LogP contribution is 2.35. The van der Waals surface area contributed by atoms with Gasteiger partial charge in [0.25, 0.3) is 0 Å². The molecule has 0 amide bonds. The van der Waals surface area contributed by atoms with Crippen LogP contribution in [0.2, 0.25) is 0 Å². The van der Waals surface area contributed by atoms with Crippen molar-refractivity contribution in [1.29, 1.82) is 0 Å². The van der Waals surface area contributed by atoms with Crippen molar-refractivity contribution in [3.8, 4) is 22.4 Å². The van der Waals surface area contributed by atoms with Crippen LogP contribution in [-0.2, 0) is 0 Å². The van der Waals surface area contributed by atoms with Crippen LogP contribution in [-0.4, -0.2) is 21.9 Å². The van der Waals surface area contributed by atoms with E-state index in [0.717, 1.165) is 51.8 Å². The van der Waals surface area contributed by atoms with E-state index in [1.807, 2.05) is 20.8 Å². The second kappa shape index (κ2) is 7.59. The van der Waals surface area contributed by atoms with Gasteiger partial charge in [0, 0.05) is 34.7 Å². The molecular formula is C24H26N4O. The summed E-state index contributed by atoms with van der Waals surface area (Å²) in [5, 5.41) is 11.5. The molecule has 4 rings (SSSR count). The lowest BCUT2D eigenvalue weighted by Gasteiger charge is -2.26. The molecule has 29 heavy (non-hydrogen) atoms. The monoisotopic (exact) mass is 386 g/mol. The van der Waals surface area contributed by atoms with Crippen molar-refractivity contribution in [1.82, 2.24) is 15.4 Å². The number of rotatable bonds is 5. The van der Waals surface area contributed by atoms with Gasteiger partial charge in [0.2, 0.25) is 0 Å². The SMILES string of the molecule is CCN(c1ccc(-c2cc(C)[nH]n2)cc1)c1cc(-c2c(C)noc2C)ccc1C. The summed E-state index contributed by atoms with van der Waals surface area (Å²) in [6.07, 6.45) is 0. The first-order valence-corrected chi connectivity index (χ1v) is 9.91. The molecule has 0 spiro atoms. The second-order valence-corrected chi connectivity index (χ2v) is 7.43. The zero-order valence-electron chi connectivity index (χ0n) is 17.6. The molecule has 0 saturated heterocycles. The molecule has 0 unspecified atom stereocenters. The predicted octanol–water partition coefficient (Wildman–Crippen LogP) is 6.12. The zero-order chi connectivity index (χ0) is 20.5. The predicted molar refractivity (Wildman–Crippen MR) is 118 cm³/mol. The van der Waals surface area contributed by atoms with E-state index in [9.17, 15) is 0 Å². The van der Waals surface area contributed by atoms with E-state index >= 15 is 0 Å². The Balaban J connectivity index is 1.71. The number of aromatic amines is 1. The number of hydrogen-bond acceptors (Lipinski definition) is 4. The molecule has 0 atom stereocenters. The number of H-pyrrole nitrogens is 1. The summed E-state index contributed by atoms with van der Waals surface area (Å²) in [7, 11) is 0. The van der Waals surface area contributed by atoms with E-state index in [4.69, 9.17) is 4.52 Å². The summed E-state index contributed by atoms with van der Waals surface area (Å²) in [6.45, 7) is 11.1. The first-order valence-electron chi connectivity index (χ1n) is 9.91. The number of benzene rings is 2. The van der Waals surface area contributed by atoms with Gasteiger partial charge in [-0.2, -0.15) is 5.10 Å². The largest absolute Gasteiger partial charge is 0.361 e. The van der Waals surface area contributed by atoms with Crippen LogP contribution in [0.3, 0.4) is 0 Å². The molecule has 1 N–H and O–H groups in total. The maximum Gasteiger partial charge on any atom is 0.141 e. The number of aryl methyl sites for hydroxylation is 4. The van der Waals surface area contributed by atoms with E-state index < -0.39 is 0 Å². The lowest BCUT2D eigenvalue weighted by Crippen LogP contribution is -2.17. The molecule has 2 aromatic carbocycles. The first-order chi connectivity index (χ1) is 14.0. The Hall–Kier alpha value is -3.34. The van der Waals surface area contributed by atoms with Crippen molar-refractivity contribution < 1.29 is 4.52 Å². The Bertz CT molecular complexity index is 1120. The molecule has 2 aromatic heterocycles. The van der Waals surface area contributed by atoms with Crippen molar-refractivity contribution >= 4 is 11.4 Å². The minimum absolute atomic E-state index is 0.846. The summed E-state index contributed by atoms with van der Waals surface area (Å²) in [6, 6.07) is 17.2. The second-order valence-electron chi connectivity index (χ2n) is 7.43. The molecular weight excluding hydrogens is 360 g/mol. The van der Waals surface area contributed by atoms with Gasteiger partial charge < -0.3 is 9.42 Å². The Morgan fingerprint density at radius 3 is 2.24 bits per heavy atom. The fourth-order valence-electron chi connectivity index (χ4n) is 3.82. The minimum atomic E-state index is 0.846. The Labute approximate surface area is 171 Å². The third-order valence-electron chi connectivity index (χ3n) is 5.32. The third-order valence-corrected chi connectivity index (χ3v) is 5.32. The van der Waals surface area contributed by atoms with Crippen LogP contribution in [0.1, 0.15) is 29.6 Å². The molecule has 0 aliphatic rings. The van der Waals surface area contributed by atoms with Crippen molar-refractivity contribution in [2.24, 2.45) is 0 Å². The topological polar surface area (TPSA) is 58.0 Å². The molecule has 2 heterocycles. The van der Waals surface area contributed by atoms with Crippen molar-refractivity contribution in [3.05, 3.63) is 71.2 Å². The van der Waals surface area contributed by atoms with Crippen LogP contribution in [0.5, 0.6) is 0 Å². The average Bonchev–Trinajstić information content (AvgIpc) is 3.30. The van der Waals surface area contributed by atoms with Crippen LogP contribution < -0.4 is 4.90 Å². The quantitative estimate of drug-likeness (QED) is 0.449. The molecule has 0 saturated carbocycles. The van der Waals surface area contributed by atoms with Crippen LogP contribution >= 0.6 is 0 Å². The Morgan fingerprint density at radius 2 is 1.66 bits per heavy atom. The fourth-order valence-corrected chi connectivity index (χ4v) is 3.82. The first kappa shape index (κ1) is 19.0. The maximum absolute atomic E-state index is 5.38. The van der Waals surface area contributed by atoms with E-state index in [-0.39, 0.29) is 0 Å². The van der Waals surface area contributed by atoms with Gasteiger partial charge >= 0.3 is 0 Å². The van der Waals surface area contributed by atoms with Crippen LogP contribution in [0, 0.1) is 27.7 Å². The van der Waals surface area contributed by atoms with Crippen LogP contribution in [0.15, 0.2) is 53.1 Å². The van der Waals surface area contributed by atoms with Crippen molar-refractivity contribution in [3.63, 3.8) is 0 Å². The zero-order valence-corrected chi connectivity index (χ0v) is 17.6. The van der Waals surface area contributed by atoms with Gasteiger partial charge in [-0.05, 0) is 70.0 Å². The van der Waals surface area contributed by atoms with E-state index in [0.29, 0.717) is 0 Å². The van der Waals surface area contributed by atoms with Crippen LogP contribution in [0.4, 0.5) is 11.4 Å². The Kier molecular flexibility index (Phi) is 4.97. The normalized spacial score (nSPS) is 11.1. The molecule has 0 aliphatic carbocycles. The summed E-state index contributed by atoms with van der Waals surface area (Å²) in [4.78, 5) is 2.33. The third kappa shape index (κ3) is 3.56. The highest BCUT2D eigenvalue weighted by molar-refractivity contribution is 5.77. The highest BCUT2D eigenvalue weighted by atomic mass is 16.5. The van der Waals surface area contributed by atoms with Gasteiger partial charge in [-0.1, -0.05) is 29.4 Å². The summed E-state index contributed by atoms with van der Waals surface area (Å²) in [5.41, 5.74) is 9.83. The highest BCUT2D eigenvalue weighted by Gasteiger charge is 2.16. The van der Waals surface area contributed by atoms with E-state index in [1.165, 1.54) is 11.3 Å². The average molecular weight is 386 g/mol. The lowest BCUT2D eigenvalue weighted by atomic mass is 10.0.